The van der Waals surface area contributed by atoms with Crippen LogP contribution in [0.2, 0.25) is 0 Å². The lowest BCUT2D eigenvalue weighted by Gasteiger charge is -2.29. The number of aryl methyl sites for hydroxylation is 1. The van der Waals surface area contributed by atoms with Crippen LogP contribution in [-0.2, 0) is 6.42 Å². The Kier molecular flexibility index (Phi) is 3.41. The summed E-state index contributed by atoms with van der Waals surface area (Å²) in [6.07, 6.45) is 2.07. The highest BCUT2D eigenvalue weighted by atomic mass is 16.2. The summed E-state index contributed by atoms with van der Waals surface area (Å²) in [5, 5.41) is 2.80. The molecule has 0 radical (unpaired) electrons. The quantitative estimate of drug-likeness (QED) is 0.782. The molecule has 1 aromatic rings. The smallest absolute Gasteiger partial charge is 0.321 e. The second-order valence-corrected chi connectivity index (χ2v) is 3.90. The molecule has 2 rings (SSSR count). The van der Waals surface area contributed by atoms with Crippen LogP contribution in [0.3, 0.4) is 0 Å². The van der Waals surface area contributed by atoms with E-state index in [2.05, 4.69) is 11.4 Å². The van der Waals surface area contributed by atoms with Gasteiger partial charge in [0, 0.05) is 25.3 Å². The number of benzene rings is 1. The Labute approximate surface area is 95.4 Å². The number of hydrogen-bond donors (Lipinski definition) is 2. The van der Waals surface area contributed by atoms with Crippen molar-refractivity contribution in [2.45, 2.75) is 12.8 Å². The van der Waals surface area contributed by atoms with Gasteiger partial charge in [0.2, 0.25) is 0 Å². The monoisotopic (exact) mass is 219 g/mol. The molecule has 0 spiro atoms. The second-order valence-electron chi connectivity index (χ2n) is 3.90. The lowest BCUT2D eigenvalue weighted by Crippen LogP contribution is -2.44. The Morgan fingerprint density at radius 2 is 2.25 bits per heavy atom. The Balaban J connectivity index is 2.15. The normalized spacial score (nSPS) is 14.4. The van der Waals surface area contributed by atoms with Crippen LogP contribution in [0.25, 0.3) is 0 Å². The number of amides is 2. The number of anilines is 1. The Morgan fingerprint density at radius 1 is 1.44 bits per heavy atom. The van der Waals surface area contributed by atoms with E-state index in [1.54, 1.807) is 4.90 Å². The molecule has 0 atom stereocenters. The third-order valence-electron chi connectivity index (χ3n) is 2.78. The maximum Gasteiger partial charge on any atom is 0.321 e. The summed E-state index contributed by atoms with van der Waals surface area (Å²) in [4.78, 5) is 13.7. The summed E-state index contributed by atoms with van der Waals surface area (Å²) in [7, 11) is 0. The lowest BCUT2D eigenvalue weighted by molar-refractivity contribution is 0.246. The highest BCUT2D eigenvalue weighted by molar-refractivity contribution is 5.93. The van der Waals surface area contributed by atoms with Gasteiger partial charge in [0.15, 0.2) is 0 Å². The fraction of sp³-hybridized carbons (Fsp3) is 0.417. The van der Waals surface area contributed by atoms with Crippen molar-refractivity contribution < 1.29 is 4.79 Å². The van der Waals surface area contributed by atoms with Gasteiger partial charge in [-0.15, -0.1) is 0 Å². The molecule has 16 heavy (non-hydrogen) atoms. The van der Waals surface area contributed by atoms with Gasteiger partial charge in [-0.3, -0.25) is 4.90 Å². The fourth-order valence-electron chi connectivity index (χ4n) is 2.02. The number of carbonyl (C=O) groups is 1. The van der Waals surface area contributed by atoms with Crippen molar-refractivity contribution >= 4 is 11.7 Å². The molecule has 0 bridgehead atoms. The van der Waals surface area contributed by atoms with Gasteiger partial charge in [0.1, 0.15) is 0 Å². The molecule has 1 heterocycles. The van der Waals surface area contributed by atoms with Crippen LogP contribution in [-0.4, -0.2) is 25.7 Å². The first kappa shape index (κ1) is 11.0. The molecular weight excluding hydrogens is 202 g/mol. The first-order valence-electron chi connectivity index (χ1n) is 5.66. The van der Waals surface area contributed by atoms with E-state index >= 15 is 0 Å². The van der Waals surface area contributed by atoms with Crippen molar-refractivity contribution in [3.05, 3.63) is 29.8 Å². The lowest BCUT2D eigenvalue weighted by atomic mass is 10.0. The number of carbonyl (C=O) groups excluding carboxylic acids is 1. The van der Waals surface area contributed by atoms with E-state index in [1.807, 2.05) is 18.2 Å². The van der Waals surface area contributed by atoms with Crippen molar-refractivity contribution in [3.8, 4) is 0 Å². The highest BCUT2D eigenvalue weighted by Crippen LogP contribution is 2.26. The molecule has 3 N–H and O–H groups in total. The van der Waals surface area contributed by atoms with E-state index in [-0.39, 0.29) is 6.03 Å². The molecule has 0 unspecified atom stereocenters. The summed E-state index contributed by atoms with van der Waals surface area (Å²) in [5.74, 6) is 0. The average Bonchev–Trinajstić information content (AvgIpc) is 2.35. The van der Waals surface area contributed by atoms with Gasteiger partial charge in [0.05, 0.1) is 0 Å². The van der Waals surface area contributed by atoms with Crippen LogP contribution in [0, 0.1) is 0 Å². The number of hydrogen-bond acceptors (Lipinski definition) is 2. The first-order chi connectivity index (χ1) is 7.83. The van der Waals surface area contributed by atoms with Gasteiger partial charge in [-0.25, -0.2) is 4.79 Å². The summed E-state index contributed by atoms with van der Waals surface area (Å²) in [6, 6.07) is 8.01. The van der Waals surface area contributed by atoms with Crippen LogP contribution in [0.5, 0.6) is 0 Å². The van der Waals surface area contributed by atoms with Crippen molar-refractivity contribution in [1.29, 1.82) is 0 Å². The fourth-order valence-corrected chi connectivity index (χ4v) is 2.02. The Hall–Kier alpha value is -1.55. The van der Waals surface area contributed by atoms with Crippen molar-refractivity contribution in [2.24, 2.45) is 5.73 Å². The molecule has 2 amide bonds. The molecule has 0 aromatic heterocycles. The van der Waals surface area contributed by atoms with Crippen molar-refractivity contribution in [1.82, 2.24) is 5.32 Å². The van der Waals surface area contributed by atoms with Crippen molar-refractivity contribution in [2.75, 3.05) is 24.5 Å². The Morgan fingerprint density at radius 3 is 3.06 bits per heavy atom. The van der Waals surface area contributed by atoms with E-state index in [0.29, 0.717) is 13.1 Å². The van der Waals surface area contributed by atoms with E-state index in [1.165, 1.54) is 5.56 Å². The topological polar surface area (TPSA) is 58.4 Å². The first-order valence-corrected chi connectivity index (χ1v) is 5.66. The molecule has 0 aliphatic carbocycles. The number of rotatable bonds is 2. The maximum absolute atomic E-state index is 11.9. The number of urea groups is 1. The second kappa shape index (κ2) is 4.99. The maximum atomic E-state index is 11.9. The van der Waals surface area contributed by atoms with Gasteiger partial charge in [-0.1, -0.05) is 18.2 Å². The molecule has 1 aromatic carbocycles. The molecule has 86 valence electrons. The molecule has 1 aliphatic heterocycles. The minimum absolute atomic E-state index is 0.0439. The summed E-state index contributed by atoms with van der Waals surface area (Å²) >= 11 is 0. The zero-order valence-electron chi connectivity index (χ0n) is 9.28. The zero-order chi connectivity index (χ0) is 11.4. The number of para-hydroxylation sites is 1. The van der Waals surface area contributed by atoms with Crippen LogP contribution < -0.4 is 16.0 Å². The van der Waals surface area contributed by atoms with Gasteiger partial charge >= 0.3 is 6.03 Å². The van der Waals surface area contributed by atoms with Gasteiger partial charge in [0.25, 0.3) is 0 Å². The Bertz CT molecular complexity index is 378. The third-order valence-corrected chi connectivity index (χ3v) is 2.78. The summed E-state index contributed by atoms with van der Waals surface area (Å²) in [6.45, 7) is 1.78. The van der Waals surface area contributed by atoms with Crippen molar-refractivity contribution in [3.63, 3.8) is 0 Å². The van der Waals surface area contributed by atoms with Crippen LogP contribution >= 0.6 is 0 Å². The van der Waals surface area contributed by atoms with E-state index in [4.69, 9.17) is 5.73 Å². The molecular formula is C12H17N3O. The van der Waals surface area contributed by atoms with Crippen LogP contribution in [0.4, 0.5) is 10.5 Å². The zero-order valence-corrected chi connectivity index (χ0v) is 9.28. The standard InChI is InChI=1S/C12H17N3O/c13-7-8-14-12(16)15-9-3-5-10-4-1-2-6-11(10)15/h1-2,4,6H,3,5,7-9,13H2,(H,14,16). The molecule has 0 saturated heterocycles. The average molecular weight is 219 g/mol. The van der Waals surface area contributed by atoms with E-state index in [0.717, 1.165) is 25.1 Å². The molecule has 0 fully saturated rings. The number of fused-ring (bicyclic) bond motifs is 1. The van der Waals surface area contributed by atoms with Gasteiger partial charge in [-0.05, 0) is 24.5 Å². The number of nitrogens with zero attached hydrogens (tertiary/aromatic N) is 1. The van der Waals surface area contributed by atoms with Gasteiger partial charge < -0.3 is 11.1 Å². The number of nitrogens with two attached hydrogens (primary N) is 1. The minimum Gasteiger partial charge on any atom is -0.336 e. The summed E-state index contributed by atoms with van der Waals surface area (Å²) < 4.78 is 0. The predicted molar refractivity (Wildman–Crippen MR) is 64.6 cm³/mol. The molecule has 4 nitrogen and oxygen atoms in total. The highest BCUT2D eigenvalue weighted by Gasteiger charge is 2.21. The third kappa shape index (κ3) is 2.17. The molecule has 0 saturated carbocycles. The SMILES string of the molecule is NCCNC(=O)N1CCCc2ccccc21. The van der Waals surface area contributed by atoms with Crippen LogP contribution in [0.15, 0.2) is 24.3 Å². The minimum atomic E-state index is -0.0439. The molecule has 1 aliphatic rings. The predicted octanol–water partition coefficient (Wildman–Crippen LogP) is 1.11. The van der Waals surface area contributed by atoms with E-state index in [9.17, 15) is 4.79 Å². The van der Waals surface area contributed by atoms with Crippen LogP contribution in [0.1, 0.15) is 12.0 Å². The van der Waals surface area contributed by atoms with Gasteiger partial charge in [-0.2, -0.15) is 0 Å². The summed E-state index contributed by atoms with van der Waals surface area (Å²) in [5.41, 5.74) is 7.65. The molecule has 4 heteroatoms. The van der Waals surface area contributed by atoms with E-state index < -0.39 is 0 Å². The largest absolute Gasteiger partial charge is 0.336 e. The number of nitrogens with one attached hydrogen (secondary N) is 1.